The Kier molecular flexibility index (Phi) is 5.96. The summed E-state index contributed by atoms with van der Waals surface area (Å²) >= 11 is 0. The van der Waals surface area contributed by atoms with Gasteiger partial charge in [-0.25, -0.2) is 4.79 Å². The molecule has 0 heterocycles. The van der Waals surface area contributed by atoms with E-state index in [4.69, 9.17) is 14.2 Å². The second kappa shape index (κ2) is 6.45. The minimum absolute atomic E-state index is 0.779. The first kappa shape index (κ1) is 19.4. The lowest BCUT2D eigenvalue weighted by molar-refractivity contribution is -0.183. The van der Waals surface area contributed by atoms with Crippen molar-refractivity contribution >= 4 is 18.4 Å². The van der Waals surface area contributed by atoms with Crippen LogP contribution in [0.2, 0.25) is 0 Å². The van der Waals surface area contributed by atoms with Gasteiger partial charge in [0.15, 0.2) is 5.92 Å². The van der Waals surface area contributed by atoms with E-state index in [0.717, 1.165) is 0 Å². The van der Waals surface area contributed by atoms with E-state index in [0.29, 0.717) is 0 Å². The summed E-state index contributed by atoms with van der Waals surface area (Å²) in [5.41, 5.74) is -2.98. The maximum Gasteiger partial charge on any atom is 0.418 e. The molecule has 6 nitrogen and oxygen atoms in total. The Hall–Kier alpha value is -1.59. The Balaban J connectivity index is 5.43. The van der Waals surface area contributed by atoms with Gasteiger partial charge in [0.1, 0.15) is 16.8 Å². The van der Waals surface area contributed by atoms with Gasteiger partial charge in [0.05, 0.1) is 0 Å². The van der Waals surface area contributed by atoms with E-state index in [1.165, 1.54) is 20.3 Å². The van der Waals surface area contributed by atoms with Gasteiger partial charge in [-0.3, -0.25) is 9.59 Å². The summed E-state index contributed by atoms with van der Waals surface area (Å²) in [6.45, 7) is 14.2. The average Bonchev–Trinajstić information content (AvgIpc) is 2.09. The van der Waals surface area contributed by atoms with Gasteiger partial charge in [-0.2, -0.15) is 0 Å². The highest BCUT2D eigenvalue weighted by Gasteiger charge is 2.47. The van der Waals surface area contributed by atoms with Gasteiger partial charge in [0.2, 0.25) is 0 Å². The molecule has 0 N–H and O–H groups in total. The highest BCUT2D eigenvalue weighted by Crippen LogP contribution is 2.27. The molecular formula is C15H25O6. The van der Waals surface area contributed by atoms with Crippen LogP contribution >= 0.6 is 0 Å². The zero-order valence-corrected chi connectivity index (χ0v) is 14.0. The van der Waals surface area contributed by atoms with Crippen molar-refractivity contribution in [3.8, 4) is 0 Å². The number of ether oxygens (including phenoxy) is 3. The van der Waals surface area contributed by atoms with Crippen LogP contribution in [0.4, 0.5) is 0 Å². The van der Waals surface area contributed by atoms with Crippen molar-refractivity contribution in [3.05, 3.63) is 0 Å². The van der Waals surface area contributed by atoms with Crippen molar-refractivity contribution in [2.45, 2.75) is 72.2 Å². The standard InChI is InChI=1S/C15H25O6/c1-13(2,3)20-11(17)10(15(7,8)19-9-16)12(18)21-14(4,5)6/h10H,1-8H3. The maximum atomic E-state index is 12.3. The lowest BCUT2D eigenvalue weighted by atomic mass is 9.90. The molecule has 0 aromatic heterocycles. The third kappa shape index (κ3) is 7.11. The maximum absolute atomic E-state index is 12.3. The first-order chi connectivity index (χ1) is 9.19. The molecule has 0 saturated heterocycles. The van der Waals surface area contributed by atoms with E-state index in [9.17, 15) is 14.4 Å². The lowest BCUT2D eigenvalue weighted by Gasteiger charge is -2.33. The molecule has 0 atom stereocenters. The van der Waals surface area contributed by atoms with Crippen LogP contribution in [-0.2, 0) is 28.6 Å². The van der Waals surface area contributed by atoms with E-state index in [-0.39, 0.29) is 0 Å². The lowest BCUT2D eigenvalue weighted by Crippen LogP contribution is -2.48. The molecule has 0 aliphatic heterocycles. The highest BCUT2D eigenvalue weighted by atomic mass is 16.6. The number of hydrogen-bond donors (Lipinski definition) is 0. The van der Waals surface area contributed by atoms with Crippen LogP contribution in [-0.4, -0.2) is 35.2 Å². The molecule has 6 heteroatoms. The van der Waals surface area contributed by atoms with Crippen molar-refractivity contribution in [2.24, 2.45) is 5.92 Å². The Labute approximate surface area is 126 Å². The first-order valence-corrected chi connectivity index (χ1v) is 6.70. The third-order valence-electron chi connectivity index (χ3n) is 2.28. The van der Waals surface area contributed by atoms with Gasteiger partial charge < -0.3 is 14.2 Å². The first-order valence-electron chi connectivity index (χ1n) is 6.70. The minimum atomic E-state index is -1.42. The van der Waals surface area contributed by atoms with Gasteiger partial charge in [0.25, 0.3) is 0 Å². The molecule has 0 unspecified atom stereocenters. The smallest absolute Gasteiger partial charge is 0.418 e. The van der Waals surface area contributed by atoms with Gasteiger partial charge in [-0.15, -0.1) is 0 Å². The summed E-state index contributed by atoms with van der Waals surface area (Å²) in [6, 6.07) is 0. The number of hydrogen-bond acceptors (Lipinski definition) is 6. The monoisotopic (exact) mass is 301 g/mol. The zero-order valence-electron chi connectivity index (χ0n) is 14.0. The molecule has 121 valence electrons. The van der Waals surface area contributed by atoms with Crippen molar-refractivity contribution in [2.75, 3.05) is 0 Å². The van der Waals surface area contributed by atoms with Crippen LogP contribution in [0, 0.1) is 5.92 Å². The fraction of sp³-hybridized carbons (Fsp3) is 0.800. The summed E-state index contributed by atoms with van der Waals surface area (Å²) in [5.74, 6) is -3.01. The molecule has 0 bridgehead atoms. The minimum Gasteiger partial charge on any atom is -0.459 e. The Morgan fingerprint density at radius 2 is 1.14 bits per heavy atom. The number of rotatable bonds is 5. The van der Waals surface area contributed by atoms with Gasteiger partial charge in [-0.1, -0.05) is 0 Å². The van der Waals surface area contributed by atoms with E-state index in [2.05, 4.69) is 0 Å². The van der Waals surface area contributed by atoms with Crippen LogP contribution in [0.3, 0.4) is 0 Å². The van der Waals surface area contributed by atoms with Crippen molar-refractivity contribution in [3.63, 3.8) is 0 Å². The molecule has 0 saturated carbocycles. The summed E-state index contributed by atoms with van der Waals surface area (Å²) in [7, 11) is 0. The number of carbonyl (C=O) groups is 2. The van der Waals surface area contributed by atoms with Crippen LogP contribution in [0.25, 0.3) is 0 Å². The summed E-state index contributed by atoms with van der Waals surface area (Å²) in [4.78, 5) is 35.0. The van der Waals surface area contributed by atoms with Gasteiger partial charge >= 0.3 is 18.4 Å². The number of carbonyl (C=O) groups excluding carboxylic acids is 3. The van der Waals surface area contributed by atoms with Gasteiger partial charge in [-0.05, 0) is 55.4 Å². The van der Waals surface area contributed by atoms with E-state index in [1.54, 1.807) is 41.5 Å². The SMILES string of the molecule is CC(C)(C)OC(=O)C(C(=O)OC(C)(C)C)C(C)(C)O[C]=O. The van der Waals surface area contributed by atoms with Crippen molar-refractivity contribution < 1.29 is 28.6 Å². The van der Waals surface area contributed by atoms with E-state index < -0.39 is 34.7 Å². The molecule has 0 amide bonds. The average molecular weight is 301 g/mol. The van der Waals surface area contributed by atoms with Gasteiger partial charge in [0, 0.05) is 0 Å². The topological polar surface area (TPSA) is 78.9 Å². The van der Waals surface area contributed by atoms with Crippen LogP contribution in [0.1, 0.15) is 55.4 Å². The molecule has 0 spiro atoms. The normalized spacial score (nSPS) is 12.8. The Morgan fingerprint density at radius 1 is 0.810 bits per heavy atom. The fourth-order valence-electron chi connectivity index (χ4n) is 1.55. The molecule has 0 aliphatic carbocycles. The second-order valence-electron chi connectivity index (χ2n) is 7.29. The number of esters is 2. The van der Waals surface area contributed by atoms with E-state index >= 15 is 0 Å². The quantitative estimate of drug-likeness (QED) is 0.440. The van der Waals surface area contributed by atoms with Crippen LogP contribution in [0.5, 0.6) is 0 Å². The molecule has 21 heavy (non-hydrogen) atoms. The summed E-state index contributed by atoms with van der Waals surface area (Å²) in [5, 5.41) is 0. The molecular weight excluding hydrogens is 276 g/mol. The molecule has 0 aromatic carbocycles. The summed E-state index contributed by atoms with van der Waals surface area (Å²) in [6.07, 6.45) is 0. The Morgan fingerprint density at radius 3 is 1.38 bits per heavy atom. The van der Waals surface area contributed by atoms with Crippen molar-refractivity contribution in [1.82, 2.24) is 0 Å². The molecule has 0 aliphatic rings. The largest absolute Gasteiger partial charge is 0.459 e. The summed E-state index contributed by atoms with van der Waals surface area (Å²) < 4.78 is 15.2. The molecule has 1 radical (unpaired) electrons. The third-order valence-corrected chi connectivity index (χ3v) is 2.28. The highest BCUT2D eigenvalue weighted by molar-refractivity contribution is 5.96. The fourth-order valence-corrected chi connectivity index (χ4v) is 1.55. The molecule has 0 fully saturated rings. The van der Waals surface area contributed by atoms with Crippen molar-refractivity contribution in [1.29, 1.82) is 0 Å². The second-order valence-corrected chi connectivity index (χ2v) is 7.29. The molecule has 0 aromatic rings. The van der Waals surface area contributed by atoms with Crippen LogP contribution < -0.4 is 0 Å². The molecule has 0 rings (SSSR count). The van der Waals surface area contributed by atoms with E-state index in [1.807, 2.05) is 0 Å². The Bertz CT molecular complexity index is 369. The zero-order chi connectivity index (χ0) is 17.1. The van der Waals surface area contributed by atoms with Crippen LogP contribution in [0.15, 0.2) is 0 Å². The predicted octanol–water partition coefficient (Wildman–Crippen LogP) is 2.15. The predicted molar refractivity (Wildman–Crippen MR) is 76.0 cm³/mol.